The predicted molar refractivity (Wildman–Crippen MR) is 143 cm³/mol. The molecule has 9 nitrogen and oxygen atoms in total. The van der Waals surface area contributed by atoms with Gasteiger partial charge in [0.2, 0.25) is 11.8 Å². The Kier molecular flexibility index (Phi) is 10.0. The standard InChI is InChI=1S/C27H25BrN4O5/c1-3-36-24-13-18(12-23(28)27(24)37-17-20-7-5-4-6-19(20)15-29)16-30-32-26(34)14-25(33)31-21-8-10-22(35-2)11-9-21/h4-13,16H,3,14,17H2,1-2H3,(H,31,33)(H,32,34). The summed E-state index contributed by atoms with van der Waals surface area (Å²) in [7, 11) is 1.55. The number of hydrogen-bond acceptors (Lipinski definition) is 7. The number of nitrogens with zero attached hydrogens (tertiary/aromatic N) is 2. The van der Waals surface area contributed by atoms with Gasteiger partial charge >= 0.3 is 0 Å². The molecule has 0 unspecified atom stereocenters. The molecular formula is C27H25BrN4O5. The molecule has 0 saturated heterocycles. The lowest BCUT2D eigenvalue weighted by Crippen LogP contribution is -2.24. The van der Waals surface area contributed by atoms with Crippen LogP contribution in [0.4, 0.5) is 5.69 Å². The van der Waals surface area contributed by atoms with E-state index in [4.69, 9.17) is 14.2 Å². The molecule has 0 saturated carbocycles. The van der Waals surface area contributed by atoms with E-state index in [9.17, 15) is 14.9 Å². The molecule has 0 fully saturated rings. The molecule has 2 amide bonds. The first-order valence-electron chi connectivity index (χ1n) is 11.3. The summed E-state index contributed by atoms with van der Waals surface area (Å²) in [6, 6.07) is 19.6. The SMILES string of the molecule is CCOc1cc(C=NNC(=O)CC(=O)Nc2ccc(OC)cc2)cc(Br)c1OCc1ccccc1C#N. The molecule has 2 N–H and O–H groups in total. The lowest BCUT2D eigenvalue weighted by atomic mass is 10.1. The van der Waals surface area contributed by atoms with Crippen LogP contribution in [0, 0.1) is 11.3 Å². The van der Waals surface area contributed by atoms with Gasteiger partial charge in [0.15, 0.2) is 11.5 Å². The lowest BCUT2D eigenvalue weighted by Gasteiger charge is -2.15. The highest BCUT2D eigenvalue weighted by molar-refractivity contribution is 9.10. The van der Waals surface area contributed by atoms with Crippen molar-refractivity contribution in [3.05, 3.63) is 81.8 Å². The molecule has 0 atom stereocenters. The Morgan fingerprint density at radius 1 is 1.08 bits per heavy atom. The largest absolute Gasteiger partial charge is 0.497 e. The quantitative estimate of drug-likeness (QED) is 0.196. The van der Waals surface area contributed by atoms with Crippen molar-refractivity contribution in [2.24, 2.45) is 5.10 Å². The van der Waals surface area contributed by atoms with E-state index in [1.54, 1.807) is 55.6 Å². The number of benzene rings is 3. The fraction of sp³-hybridized carbons (Fsp3) is 0.185. The number of carbonyl (C=O) groups is 2. The van der Waals surface area contributed by atoms with Crippen LogP contribution in [-0.2, 0) is 16.2 Å². The van der Waals surface area contributed by atoms with Crippen LogP contribution < -0.4 is 25.0 Å². The molecule has 190 valence electrons. The van der Waals surface area contributed by atoms with Crippen LogP contribution in [0.1, 0.15) is 30.0 Å². The van der Waals surface area contributed by atoms with E-state index in [0.29, 0.717) is 45.1 Å². The molecule has 0 aliphatic heterocycles. The molecule has 0 aliphatic rings. The number of hydrogen-bond donors (Lipinski definition) is 2. The smallest absolute Gasteiger partial charge is 0.249 e. The van der Waals surface area contributed by atoms with Gasteiger partial charge in [0.1, 0.15) is 18.8 Å². The third-order valence-corrected chi connectivity index (χ3v) is 5.53. The molecule has 10 heteroatoms. The first kappa shape index (κ1) is 27.2. The van der Waals surface area contributed by atoms with Crippen LogP contribution in [-0.4, -0.2) is 31.7 Å². The Balaban J connectivity index is 1.60. The number of halogens is 1. The van der Waals surface area contributed by atoms with Crippen molar-refractivity contribution in [2.45, 2.75) is 20.0 Å². The minimum Gasteiger partial charge on any atom is -0.497 e. The zero-order chi connectivity index (χ0) is 26.6. The number of anilines is 1. The van der Waals surface area contributed by atoms with Gasteiger partial charge in [-0.2, -0.15) is 10.4 Å². The van der Waals surface area contributed by atoms with Crippen molar-refractivity contribution < 1.29 is 23.8 Å². The molecule has 0 heterocycles. The van der Waals surface area contributed by atoms with Crippen LogP contribution in [0.3, 0.4) is 0 Å². The topological polar surface area (TPSA) is 122 Å². The minimum absolute atomic E-state index is 0.185. The number of rotatable bonds is 11. The highest BCUT2D eigenvalue weighted by Crippen LogP contribution is 2.37. The van der Waals surface area contributed by atoms with E-state index in [1.165, 1.54) is 6.21 Å². The number of ether oxygens (including phenoxy) is 3. The minimum atomic E-state index is -0.567. The maximum atomic E-state index is 12.1. The van der Waals surface area contributed by atoms with Crippen LogP contribution in [0.15, 0.2) is 70.2 Å². The van der Waals surface area contributed by atoms with Gasteiger partial charge in [0.25, 0.3) is 0 Å². The summed E-state index contributed by atoms with van der Waals surface area (Å²) in [6.07, 6.45) is 1.04. The van der Waals surface area contributed by atoms with Crippen LogP contribution in [0.25, 0.3) is 0 Å². The fourth-order valence-corrected chi connectivity index (χ4v) is 3.79. The molecular weight excluding hydrogens is 540 g/mol. The maximum Gasteiger partial charge on any atom is 0.249 e. The van der Waals surface area contributed by atoms with Gasteiger partial charge in [-0.3, -0.25) is 9.59 Å². The number of methoxy groups -OCH3 is 1. The van der Waals surface area contributed by atoms with Gasteiger partial charge in [0.05, 0.1) is 36.0 Å². The summed E-state index contributed by atoms with van der Waals surface area (Å²) < 4.78 is 17.4. The number of nitrogens with one attached hydrogen (secondary N) is 2. The van der Waals surface area contributed by atoms with Crippen molar-refractivity contribution in [2.75, 3.05) is 19.0 Å². The highest BCUT2D eigenvalue weighted by Gasteiger charge is 2.14. The Morgan fingerprint density at radius 3 is 2.54 bits per heavy atom. The van der Waals surface area contributed by atoms with Crippen molar-refractivity contribution >= 4 is 39.6 Å². The molecule has 3 aromatic rings. The molecule has 37 heavy (non-hydrogen) atoms. The summed E-state index contributed by atoms with van der Waals surface area (Å²) in [5.41, 5.74) is 4.81. The van der Waals surface area contributed by atoms with Gasteiger partial charge in [0, 0.05) is 11.3 Å². The van der Waals surface area contributed by atoms with E-state index >= 15 is 0 Å². The summed E-state index contributed by atoms with van der Waals surface area (Å²) in [5.74, 6) is 0.568. The Bertz CT molecular complexity index is 1320. The average Bonchev–Trinajstić information content (AvgIpc) is 2.89. The average molecular weight is 565 g/mol. The molecule has 0 aromatic heterocycles. The zero-order valence-corrected chi connectivity index (χ0v) is 21.9. The Hall–Kier alpha value is -4.36. The number of nitriles is 1. The third-order valence-electron chi connectivity index (χ3n) is 4.94. The van der Waals surface area contributed by atoms with Crippen molar-refractivity contribution in [1.29, 1.82) is 5.26 Å². The van der Waals surface area contributed by atoms with E-state index in [2.05, 4.69) is 37.8 Å². The van der Waals surface area contributed by atoms with Crippen LogP contribution in [0.2, 0.25) is 0 Å². The zero-order valence-electron chi connectivity index (χ0n) is 20.3. The molecule has 3 rings (SSSR count). The summed E-state index contributed by atoms with van der Waals surface area (Å²) in [5, 5.41) is 15.9. The Labute approximate surface area is 223 Å². The predicted octanol–water partition coefficient (Wildman–Crippen LogP) is 4.79. The van der Waals surface area contributed by atoms with Gasteiger partial charge in [-0.15, -0.1) is 0 Å². The monoisotopic (exact) mass is 564 g/mol. The van der Waals surface area contributed by atoms with E-state index in [-0.39, 0.29) is 6.61 Å². The summed E-state index contributed by atoms with van der Waals surface area (Å²) in [6.45, 7) is 2.43. The number of hydrazone groups is 1. The molecule has 0 spiro atoms. The summed E-state index contributed by atoms with van der Waals surface area (Å²) >= 11 is 3.49. The normalized spacial score (nSPS) is 10.4. The van der Waals surface area contributed by atoms with Gasteiger partial charge < -0.3 is 19.5 Å². The second kappa shape index (κ2) is 13.7. The van der Waals surface area contributed by atoms with Crippen LogP contribution >= 0.6 is 15.9 Å². The van der Waals surface area contributed by atoms with Gasteiger partial charge in [-0.1, -0.05) is 18.2 Å². The maximum absolute atomic E-state index is 12.1. The molecule has 0 radical (unpaired) electrons. The molecule has 0 bridgehead atoms. The highest BCUT2D eigenvalue weighted by atomic mass is 79.9. The van der Waals surface area contributed by atoms with E-state index < -0.39 is 18.2 Å². The molecule has 3 aromatic carbocycles. The number of carbonyl (C=O) groups excluding carboxylic acids is 2. The Morgan fingerprint density at radius 2 is 1.84 bits per heavy atom. The summed E-state index contributed by atoms with van der Waals surface area (Å²) in [4.78, 5) is 24.2. The van der Waals surface area contributed by atoms with Gasteiger partial charge in [-0.05, 0) is 70.9 Å². The van der Waals surface area contributed by atoms with Crippen molar-refractivity contribution in [3.8, 4) is 23.3 Å². The first-order valence-corrected chi connectivity index (χ1v) is 12.1. The first-order chi connectivity index (χ1) is 17.9. The number of amides is 2. The van der Waals surface area contributed by atoms with Crippen LogP contribution in [0.5, 0.6) is 17.2 Å². The fourth-order valence-electron chi connectivity index (χ4n) is 3.21. The second-order valence-electron chi connectivity index (χ2n) is 7.57. The third kappa shape index (κ3) is 8.08. The van der Waals surface area contributed by atoms with Gasteiger partial charge in [-0.25, -0.2) is 5.43 Å². The lowest BCUT2D eigenvalue weighted by molar-refractivity contribution is -0.126. The molecule has 0 aliphatic carbocycles. The van der Waals surface area contributed by atoms with Crippen molar-refractivity contribution in [1.82, 2.24) is 5.43 Å². The van der Waals surface area contributed by atoms with E-state index in [1.807, 2.05) is 19.1 Å². The second-order valence-corrected chi connectivity index (χ2v) is 8.42. The van der Waals surface area contributed by atoms with E-state index in [0.717, 1.165) is 5.56 Å². The van der Waals surface area contributed by atoms with Crippen molar-refractivity contribution in [3.63, 3.8) is 0 Å².